The number of methoxy groups -OCH3 is 3. The van der Waals surface area contributed by atoms with Crippen LogP contribution in [0.1, 0.15) is 356 Å². The number of amides is 1. The molecule has 3 aliphatic heterocycles. The minimum atomic E-state index is -2.59. The van der Waals surface area contributed by atoms with E-state index < -0.39 is 143 Å². The topological polar surface area (TPSA) is 290 Å². The number of nitrogens with zero attached hydrogens (tertiary/aromatic N) is 1. The van der Waals surface area contributed by atoms with Crippen LogP contribution in [0.15, 0.2) is 48.1 Å². The summed E-state index contributed by atoms with van der Waals surface area (Å²) in [5, 5.41) is 24.5. The SMILES string of the molecule is C=CC[C@@H]1/C=C(\C)C[C@H](C)C[C@H](OC)C2O[C@@](O)(C(=O)C(=O)N3CCCCC3C(=O)O[C@H](/C(C)=C/C3CC[C@@H](OC(=O)CC(C)(C)c4c(C)cc(C)cc4OC(=O)C(C)CC(C)C(=O)OC(COC(=O)CCCCCCCCCCCCCCC)COC(=O)CCCCCCCCCCCCCCC)[C@H](OC)C3)[C@H](C)[C@@H](O)CC1=O)[C@H](C)C[C@@H]2OC. The van der Waals surface area contributed by atoms with Crippen molar-refractivity contribution >= 4 is 53.3 Å². The van der Waals surface area contributed by atoms with Crippen LogP contribution in [-0.4, -0.2) is 170 Å². The molecule has 5 rings (SSSR count). The van der Waals surface area contributed by atoms with Crippen molar-refractivity contribution < 1.29 is 101 Å². The zero-order valence-electron chi connectivity index (χ0n) is 77.5. The summed E-state index contributed by atoms with van der Waals surface area (Å²) in [5.74, 6) is -12.6. The van der Waals surface area contributed by atoms with Gasteiger partial charge in [-0.05, 0) is 146 Å². The number of aliphatic hydroxyl groups is 2. The highest BCUT2D eigenvalue weighted by molar-refractivity contribution is 6.39. The second-order valence-electron chi connectivity index (χ2n) is 37.1. The van der Waals surface area contributed by atoms with Gasteiger partial charge >= 0.3 is 35.8 Å². The van der Waals surface area contributed by atoms with E-state index in [-0.39, 0.29) is 88.1 Å². The number of ether oxygens (including phenoxy) is 10. The average molecular weight is 1700 g/mol. The summed E-state index contributed by atoms with van der Waals surface area (Å²) < 4.78 is 60.7. The van der Waals surface area contributed by atoms with Crippen molar-refractivity contribution in [2.24, 2.45) is 41.4 Å². The lowest BCUT2D eigenvalue weighted by atomic mass is 9.78. The van der Waals surface area contributed by atoms with Crippen LogP contribution in [0, 0.1) is 55.3 Å². The standard InChI is InChI=1S/C99H161NO21/c1-18-21-23-25-27-29-31-33-35-37-39-41-43-49-87(103)115-65-78(66-116-88(104)50-44-42-40-38-36-34-32-30-28-26-24-22-19-2)117-95(108)72(9)59-73(10)96(109)119-84-57-69(6)55-70(7)90(84)98(13,14)64-89(105)118-82-52-51-76(62-83(82)112-15)60-71(8)91-75(12)80(101)63-81(102)77(47-20-3)56-67(4)54-68(5)58-85(113-16)92-86(114-17)61-74(11)99(111,121-92)93(106)94(107)100-53-46-45-48-79(100)97(110)120-91/h20,55-57,60,68,72-80,82-83,85-86,91-92,101,111H,3,18-19,21-54,58-59,61-66H2,1-2,4-17H3/b67-56+,71-60+/t68-,72?,73?,74+,75+,76?,77+,79?,80-,82+,83+,85-,86-,91+,92?,99+/m0/s1. The highest BCUT2D eigenvalue weighted by Gasteiger charge is 2.57. The van der Waals surface area contributed by atoms with Gasteiger partial charge in [0.2, 0.25) is 5.79 Å². The van der Waals surface area contributed by atoms with Crippen LogP contribution in [0.3, 0.4) is 0 Å². The minimum absolute atomic E-state index is 0.0162. The Balaban J connectivity index is 1.25. The molecule has 22 nitrogen and oxygen atoms in total. The van der Waals surface area contributed by atoms with Crippen LogP contribution in [0.25, 0.3) is 0 Å². The molecule has 1 aliphatic carbocycles. The van der Waals surface area contributed by atoms with Gasteiger partial charge in [-0.15, -0.1) is 6.58 Å². The lowest BCUT2D eigenvalue weighted by molar-refractivity contribution is -0.302. The summed E-state index contributed by atoms with van der Waals surface area (Å²) in [6.07, 6.45) is 33.0. The van der Waals surface area contributed by atoms with E-state index in [4.69, 9.17) is 47.4 Å². The van der Waals surface area contributed by atoms with Crippen LogP contribution >= 0.6 is 0 Å². The van der Waals surface area contributed by atoms with E-state index in [1.54, 1.807) is 53.9 Å². The van der Waals surface area contributed by atoms with Crippen molar-refractivity contribution in [1.82, 2.24) is 4.90 Å². The number of rotatable bonds is 49. The molecule has 688 valence electrons. The Bertz CT molecular complexity index is 3350. The molecule has 1 aromatic carbocycles. The number of unbranched alkanes of at least 4 members (excludes halogenated alkanes) is 24. The number of carbonyl (C=O) groups excluding carboxylic acids is 9. The molecule has 2 N–H and O–H groups in total. The maximum absolute atomic E-state index is 14.9. The first-order valence-corrected chi connectivity index (χ1v) is 47.0. The zero-order valence-corrected chi connectivity index (χ0v) is 77.5. The van der Waals surface area contributed by atoms with Gasteiger partial charge in [0.15, 0.2) is 6.10 Å². The molecule has 5 unspecified atom stereocenters. The normalized spacial score (nSPS) is 26.0. The fourth-order valence-corrected chi connectivity index (χ4v) is 18.5. The van der Waals surface area contributed by atoms with E-state index in [0.29, 0.717) is 75.3 Å². The maximum Gasteiger partial charge on any atom is 0.329 e. The summed E-state index contributed by atoms with van der Waals surface area (Å²) in [6, 6.07) is 2.46. The van der Waals surface area contributed by atoms with Crippen LogP contribution < -0.4 is 4.74 Å². The molecule has 22 heteroatoms. The van der Waals surface area contributed by atoms with Crippen molar-refractivity contribution in [1.29, 1.82) is 0 Å². The first kappa shape index (κ1) is 105. The molecule has 121 heavy (non-hydrogen) atoms. The molecule has 1 aromatic rings. The van der Waals surface area contributed by atoms with E-state index in [2.05, 4.69) is 20.4 Å². The van der Waals surface area contributed by atoms with E-state index in [9.17, 15) is 53.4 Å². The van der Waals surface area contributed by atoms with Gasteiger partial charge in [0.1, 0.15) is 49.1 Å². The molecule has 1 amide bonds. The van der Waals surface area contributed by atoms with Crippen LogP contribution in [-0.2, 0) is 91.2 Å². The Hall–Kier alpha value is -6.17. The monoisotopic (exact) mass is 1700 g/mol. The number of aryl methyl sites for hydroxylation is 2. The van der Waals surface area contributed by atoms with E-state index in [1.807, 2.05) is 59.8 Å². The number of ketones is 2. The number of cyclic esters (lactones) is 1. The van der Waals surface area contributed by atoms with Gasteiger partial charge in [-0.25, -0.2) is 4.79 Å². The van der Waals surface area contributed by atoms with Gasteiger partial charge in [-0.1, -0.05) is 246 Å². The summed E-state index contributed by atoms with van der Waals surface area (Å²) in [5.41, 5.74) is 2.72. The number of Topliss-reactive ketones (excluding diaryl/α,β-unsaturated/α-hetero) is 2. The number of benzene rings is 1. The molecule has 0 radical (unpaired) electrons. The lowest BCUT2D eigenvalue weighted by Crippen LogP contribution is -2.64. The Labute approximate surface area is 727 Å². The number of piperidine rings is 1. The molecular weight excluding hydrogens is 1540 g/mol. The van der Waals surface area contributed by atoms with Crippen molar-refractivity contribution in [2.45, 2.75) is 419 Å². The van der Waals surface area contributed by atoms with Gasteiger partial charge in [0.05, 0.1) is 42.7 Å². The first-order chi connectivity index (χ1) is 57.7. The van der Waals surface area contributed by atoms with Gasteiger partial charge in [-0.2, -0.15) is 0 Å². The fourth-order valence-electron chi connectivity index (χ4n) is 18.5. The van der Waals surface area contributed by atoms with Crippen LogP contribution in [0.2, 0.25) is 0 Å². The third-order valence-electron chi connectivity index (χ3n) is 25.7. The molecule has 0 spiro atoms. The van der Waals surface area contributed by atoms with Crippen molar-refractivity contribution in [3.8, 4) is 5.75 Å². The second-order valence-corrected chi connectivity index (χ2v) is 37.1. The summed E-state index contributed by atoms with van der Waals surface area (Å²) >= 11 is 0. The van der Waals surface area contributed by atoms with Crippen molar-refractivity contribution in [3.05, 3.63) is 64.8 Å². The number of fused-ring (bicyclic) bond motifs is 3. The van der Waals surface area contributed by atoms with Gasteiger partial charge in [0.25, 0.3) is 11.7 Å². The Kier molecular flexibility index (Phi) is 48.8. The predicted molar refractivity (Wildman–Crippen MR) is 471 cm³/mol. The molecule has 0 aromatic heterocycles. The minimum Gasteiger partial charge on any atom is -0.462 e. The molecule has 2 bridgehead atoms. The maximum atomic E-state index is 14.9. The summed E-state index contributed by atoms with van der Waals surface area (Å²) in [7, 11) is 4.58. The molecule has 4 aliphatic rings. The number of esters is 6. The summed E-state index contributed by atoms with van der Waals surface area (Å²) in [4.78, 5) is 129. The molecule has 3 heterocycles. The van der Waals surface area contributed by atoms with Crippen LogP contribution in [0.5, 0.6) is 5.75 Å². The highest BCUT2D eigenvalue weighted by atomic mass is 16.7. The molecule has 2 saturated heterocycles. The number of hydrogen-bond donors (Lipinski definition) is 2. The Morgan fingerprint density at radius 1 is 0.653 bits per heavy atom. The van der Waals surface area contributed by atoms with Crippen LogP contribution in [0.4, 0.5) is 0 Å². The number of aliphatic hydroxyl groups excluding tert-OH is 1. The van der Waals surface area contributed by atoms with E-state index in [0.717, 1.165) is 60.1 Å². The Morgan fingerprint density at radius 3 is 1.70 bits per heavy atom. The third kappa shape index (κ3) is 36.0. The second kappa shape index (κ2) is 56.0. The summed E-state index contributed by atoms with van der Waals surface area (Å²) in [6.45, 7) is 27.8. The first-order valence-electron chi connectivity index (χ1n) is 47.0. The molecule has 16 atom stereocenters. The fraction of sp³-hybridized carbons (Fsp3) is 0.788. The van der Waals surface area contributed by atoms with Crippen molar-refractivity contribution in [2.75, 3.05) is 41.1 Å². The lowest BCUT2D eigenvalue weighted by Gasteiger charge is -2.47. The number of hydrogen-bond acceptors (Lipinski definition) is 21. The molecule has 3 fully saturated rings. The largest absolute Gasteiger partial charge is 0.462 e. The quantitative estimate of drug-likeness (QED) is 0.0153. The zero-order chi connectivity index (χ0) is 89.2. The molecule has 1 saturated carbocycles. The van der Waals surface area contributed by atoms with Gasteiger partial charge in [-0.3, -0.25) is 38.4 Å². The molecular formula is C99H161NO21. The smallest absolute Gasteiger partial charge is 0.329 e. The van der Waals surface area contributed by atoms with E-state index >= 15 is 0 Å². The number of allylic oxidation sites excluding steroid dienone is 4. The highest BCUT2D eigenvalue weighted by Crippen LogP contribution is 2.43. The number of carbonyl (C=O) groups is 9. The third-order valence-corrected chi connectivity index (χ3v) is 25.7. The Morgan fingerprint density at radius 2 is 1.17 bits per heavy atom. The average Bonchev–Trinajstić information content (AvgIpc) is 0.774. The predicted octanol–water partition coefficient (Wildman–Crippen LogP) is 19.7. The van der Waals surface area contributed by atoms with Gasteiger partial charge < -0.3 is 62.5 Å². The van der Waals surface area contributed by atoms with E-state index in [1.165, 1.54) is 130 Å². The van der Waals surface area contributed by atoms with Crippen molar-refractivity contribution in [3.63, 3.8) is 0 Å². The van der Waals surface area contributed by atoms with Gasteiger partial charge in [0, 0.05) is 75.9 Å².